The van der Waals surface area contributed by atoms with Crippen molar-refractivity contribution in [3.8, 4) is 0 Å². The number of hydrogen-bond acceptors (Lipinski definition) is 5. The maximum Gasteiger partial charge on any atom is 0.337 e. The van der Waals surface area contributed by atoms with Gasteiger partial charge >= 0.3 is 5.97 Å². The van der Waals surface area contributed by atoms with E-state index in [2.05, 4.69) is 10.1 Å². The molecule has 1 aromatic rings. The highest BCUT2D eigenvalue weighted by Gasteiger charge is 2.33. The molecule has 25 heavy (non-hydrogen) atoms. The highest BCUT2D eigenvalue weighted by atomic mass is 32.2. The Kier molecular flexibility index (Phi) is 6.15. The molecule has 0 radical (unpaired) electrons. The van der Waals surface area contributed by atoms with Gasteiger partial charge in [0.1, 0.15) is 0 Å². The molecule has 8 nitrogen and oxygen atoms in total. The number of benzene rings is 1. The van der Waals surface area contributed by atoms with Gasteiger partial charge in [0.05, 0.1) is 18.6 Å². The minimum atomic E-state index is -3.54. The Morgan fingerprint density at radius 1 is 1.32 bits per heavy atom. The molecule has 0 bridgehead atoms. The molecule has 1 aliphatic heterocycles. The summed E-state index contributed by atoms with van der Waals surface area (Å²) in [5.74, 6) is -1.19. The molecule has 9 heteroatoms. The Hall–Kier alpha value is -1.97. The highest BCUT2D eigenvalue weighted by molar-refractivity contribution is 7.86. The van der Waals surface area contributed by atoms with Gasteiger partial charge in [-0.3, -0.25) is 4.79 Å². The van der Waals surface area contributed by atoms with Crippen molar-refractivity contribution in [1.82, 2.24) is 8.61 Å². The lowest BCUT2D eigenvalue weighted by atomic mass is 9.98. The Labute approximate surface area is 147 Å². The number of nitrogens with zero attached hydrogens (tertiary/aromatic N) is 2. The third kappa shape index (κ3) is 4.56. The third-order valence-corrected chi connectivity index (χ3v) is 6.00. The van der Waals surface area contributed by atoms with E-state index in [-0.39, 0.29) is 12.5 Å². The lowest BCUT2D eigenvalue weighted by molar-refractivity contribution is -0.120. The number of esters is 1. The minimum absolute atomic E-state index is 0.142. The van der Waals surface area contributed by atoms with Crippen LogP contribution in [0.3, 0.4) is 0 Å². The summed E-state index contributed by atoms with van der Waals surface area (Å²) in [4.78, 5) is 24.1. The average molecular weight is 369 g/mol. The molecule has 138 valence electrons. The van der Waals surface area contributed by atoms with E-state index in [1.54, 1.807) is 18.2 Å². The highest BCUT2D eigenvalue weighted by Crippen LogP contribution is 2.22. The second kappa shape index (κ2) is 7.94. The zero-order chi connectivity index (χ0) is 18.6. The normalized spacial score (nSPS) is 18.8. The van der Waals surface area contributed by atoms with E-state index >= 15 is 0 Å². The molecule has 1 saturated heterocycles. The second-order valence-corrected chi connectivity index (χ2v) is 8.19. The fourth-order valence-corrected chi connectivity index (χ4v) is 3.87. The predicted octanol–water partition coefficient (Wildman–Crippen LogP) is 0.930. The summed E-state index contributed by atoms with van der Waals surface area (Å²) in [7, 11) is 0.691. The first kappa shape index (κ1) is 19.4. The van der Waals surface area contributed by atoms with E-state index in [4.69, 9.17) is 0 Å². The molecule has 1 amide bonds. The Morgan fingerprint density at radius 2 is 2.04 bits per heavy atom. The summed E-state index contributed by atoms with van der Waals surface area (Å²) in [6.07, 6.45) is 1.23. The second-order valence-electron chi connectivity index (χ2n) is 6.05. The van der Waals surface area contributed by atoms with Crippen LogP contribution in [0.1, 0.15) is 23.2 Å². The van der Waals surface area contributed by atoms with Crippen molar-refractivity contribution >= 4 is 27.8 Å². The maximum absolute atomic E-state index is 12.5. The molecule has 0 unspecified atom stereocenters. The molecule has 1 fully saturated rings. The molecule has 1 aromatic carbocycles. The zero-order valence-corrected chi connectivity index (χ0v) is 15.4. The standard InChI is InChI=1S/C16H23N3O5S/c1-18(2)25(22,23)19-9-5-7-13(11-19)15(20)17-14-8-4-6-12(10-14)16(21)24-3/h4,6,8,10,13H,5,7,9,11H2,1-3H3,(H,17,20)/t13-/m1/s1. The summed E-state index contributed by atoms with van der Waals surface area (Å²) >= 11 is 0. The summed E-state index contributed by atoms with van der Waals surface area (Å²) in [5.41, 5.74) is 0.807. The van der Waals surface area contributed by atoms with Crippen molar-refractivity contribution in [1.29, 1.82) is 0 Å². The van der Waals surface area contributed by atoms with Gasteiger partial charge in [-0.25, -0.2) is 4.79 Å². The molecule has 0 spiro atoms. The quantitative estimate of drug-likeness (QED) is 0.779. The van der Waals surface area contributed by atoms with Crippen molar-refractivity contribution in [3.63, 3.8) is 0 Å². The Balaban J connectivity index is 2.07. The van der Waals surface area contributed by atoms with Gasteiger partial charge in [-0.05, 0) is 31.0 Å². The van der Waals surface area contributed by atoms with E-state index in [0.717, 1.165) is 4.31 Å². The van der Waals surface area contributed by atoms with Crippen molar-refractivity contribution in [3.05, 3.63) is 29.8 Å². The zero-order valence-electron chi connectivity index (χ0n) is 14.6. The molecule has 0 saturated carbocycles. The first-order valence-electron chi connectivity index (χ1n) is 7.92. The van der Waals surface area contributed by atoms with Gasteiger partial charge in [0.25, 0.3) is 10.2 Å². The largest absolute Gasteiger partial charge is 0.465 e. The first-order chi connectivity index (χ1) is 11.8. The van der Waals surface area contributed by atoms with Crippen LogP contribution in [0.5, 0.6) is 0 Å². The molecule has 1 atom stereocenters. The molecular weight excluding hydrogens is 346 g/mol. The summed E-state index contributed by atoms with van der Waals surface area (Å²) in [5, 5.41) is 2.75. The number of anilines is 1. The molecule has 0 aliphatic carbocycles. The fourth-order valence-electron chi connectivity index (χ4n) is 2.68. The number of hydrogen-bond donors (Lipinski definition) is 1. The minimum Gasteiger partial charge on any atom is -0.465 e. The molecule has 2 rings (SSSR count). The number of methoxy groups -OCH3 is 1. The first-order valence-corrected chi connectivity index (χ1v) is 9.32. The van der Waals surface area contributed by atoms with Crippen LogP contribution in [0.15, 0.2) is 24.3 Å². The lowest BCUT2D eigenvalue weighted by Crippen LogP contribution is -2.47. The van der Waals surface area contributed by atoms with Crippen LogP contribution < -0.4 is 5.32 Å². The predicted molar refractivity (Wildman–Crippen MR) is 93.3 cm³/mol. The smallest absolute Gasteiger partial charge is 0.337 e. The number of nitrogens with one attached hydrogen (secondary N) is 1. The van der Waals surface area contributed by atoms with E-state index < -0.39 is 22.1 Å². The van der Waals surface area contributed by atoms with E-state index in [0.29, 0.717) is 30.6 Å². The topological polar surface area (TPSA) is 96.0 Å². The van der Waals surface area contributed by atoms with Crippen LogP contribution in [-0.4, -0.2) is 63.2 Å². The monoisotopic (exact) mass is 369 g/mol. The summed E-state index contributed by atoms with van der Waals surface area (Å²) in [6.45, 7) is 0.547. The number of rotatable bonds is 5. The molecule has 1 heterocycles. The molecule has 1 N–H and O–H groups in total. The molecule has 0 aromatic heterocycles. The Morgan fingerprint density at radius 3 is 2.68 bits per heavy atom. The van der Waals surface area contributed by atoms with Gasteiger partial charge < -0.3 is 10.1 Å². The number of carbonyl (C=O) groups is 2. The van der Waals surface area contributed by atoms with Gasteiger partial charge in [0, 0.05) is 32.9 Å². The van der Waals surface area contributed by atoms with Crippen LogP contribution in [0, 0.1) is 5.92 Å². The van der Waals surface area contributed by atoms with E-state index in [1.165, 1.54) is 31.6 Å². The third-order valence-electron chi connectivity index (χ3n) is 4.09. The number of carbonyl (C=O) groups excluding carboxylic acids is 2. The van der Waals surface area contributed by atoms with Crippen LogP contribution in [0.25, 0.3) is 0 Å². The van der Waals surface area contributed by atoms with Gasteiger partial charge in [-0.15, -0.1) is 0 Å². The molecule has 1 aliphatic rings. The average Bonchev–Trinajstić information content (AvgIpc) is 2.61. The van der Waals surface area contributed by atoms with Crippen LogP contribution >= 0.6 is 0 Å². The Bertz CT molecular complexity index is 748. The van der Waals surface area contributed by atoms with Crippen LogP contribution in [0.4, 0.5) is 5.69 Å². The van der Waals surface area contributed by atoms with Crippen molar-refractivity contribution in [2.24, 2.45) is 5.92 Å². The van der Waals surface area contributed by atoms with Crippen molar-refractivity contribution < 1.29 is 22.7 Å². The van der Waals surface area contributed by atoms with E-state index in [1.807, 2.05) is 0 Å². The fraction of sp³-hybridized carbons (Fsp3) is 0.500. The number of piperidine rings is 1. The van der Waals surface area contributed by atoms with Gasteiger partial charge in [-0.2, -0.15) is 17.0 Å². The van der Waals surface area contributed by atoms with Gasteiger partial charge in [-0.1, -0.05) is 6.07 Å². The molecular formula is C16H23N3O5S. The van der Waals surface area contributed by atoms with Gasteiger partial charge in [0.2, 0.25) is 5.91 Å². The van der Waals surface area contributed by atoms with Crippen LogP contribution in [0.2, 0.25) is 0 Å². The van der Waals surface area contributed by atoms with E-state index in [9.17, 15) is 18.0 Å². The SMILES string of the molecule is COC(=O)c1cccc(NC(=O)[C@@H]2CCCN(S(=O)(=O)N(C)C)C2)c1. The van der Waals surface area contributed by atoms with Gasteiger partial charge in [0.15, 0.2) is 0 Å². The lowest BCUT2D eigenvalue weighted by Gasteiger charge is -2.32. The van der Waals surface area contributed by atoms with Crippen molar-refractivity contribution in [2.45, 2.75) is 12.8 Å². The van der Waals surface area contributed by atoms with Crippen molar-refractivity contribution in [2.75, 3.05) is 39.6 Å². The number of amides is 1. The number of ether oxygens (including phenoxy) is 1. The summed E-state index contributed by atoms with van der Waals surface area (Å²) < 4.78 is 31.6. The maximum atomic E-state index is 12.5. The summed E-state index contributed by atoms with van der Waals surface area (Å²) in [6, 6.07) is 6.43. The van der Waals surface area contributed by atoms with Crippen LogP contribution in [-0.2, 0) is 19.7 Å².